The molecule has 5 rings (SSSR count). The normalized spacial score (nSPS) is 14.7. The average molecular weight is 461 g/mol. The number of H-pyrrole nitrogens is 1. The van der Waals surface area contributed by atoms with Gasteiger partial charge in [0.25, 0.3) is 11.8 Å². The SMILES string of the molecule is O=C(NCCCCC1CCN(C(=O)c2cc3ccccc3s2)CC1)c1cc2cnccc2[nH]1. The molecule has 33 heavy (non-hydrogen) atoms. The van der Waals surface area contributed by atoms with Crippen molar-refractivity contribution in [3.05, 3.63) is 65.4 Å². The van der Waals surface area contributed by atoms with E-state index in [-0.39, 0.29) is 11.8 Å². The number of aromatic nitrogens is 2. The van der Waals surface area contributed by atoms with Crippen LogP contribution in [0.5, 0.6) is 0 Å². The fourth-order valence-corrected chi connectivity index (χ4v) is 5.65. The van der Waals surface area contributed by atoms with E-state index in [0.717, 1.165) is 66.4 Å². The Morgan fingerprint density at radius 3 is 2.76 bits per heavy atom. The van der Waals surface area contributed by atoms with Gasteiger partial charge < -0.3 is 15.2 Å². The second kappa shape index (κ2) is 9.75. The van der Waals surface area contributed by atoms with Gasteiger partial charge in [0.2, 0.25) is 0 Å². The van der Waals surface area contributed by atoms with E-state index in [4.69, 9.17) is 0 Å². The Kier molecular flexibility index (Phi) is 6.39. The molecule has 2 amide bonds. The number of benzene rings is 1. The van der Waals surface area contributed by atoms with Crippen LogP contribution in [-0.4, -0.2) is 46.3 Å². The lowest BCUT2D eigenvalue weighted by Gasteiger charge is -2.31. The summed E-state index contributed by atoms with van der Waals surface area (Å²) in [5.41, 5.74) is 1.50. The molecule has 4 aromatic rings. The minimum atomic E-state index is -0.0701. The van der Waals surface area contributed by atoms with E-state index in [1.807, 2.05) is 35.2 Å². The lowest BCUT2D eigenvalue weighted by molar-refractivity contribution is 0.0691. The maximum absolute atomic E-state index is 12.9. The molecule has 1 saturated heterocycles. The van der Waals surface area contributed by atoms with Crippen molar-refractivity contribution < 1.29 is 9.59 Å². The van der Waals surface area contributed by atoms with Crippen molar-refractivity contribution >= 4 is 44.1 Å². The number of thiophene rings is 1. The molecule has 2 N–H and O–H groups in total. The molecule has 1 aromatic carbocycles. The molecular formula is C26H28N4O2S. The third-order valence-electron chi connectivity index (χ3n) is 6.53. The lowest BCUT2D eigenvalue weighted by atomic mass is 9.91. The van der Waals surface area contributed by atoms with Gasteiger partial charge in [0.1, 0.15) is 5.69 Å². The number of piperidine rings is 1. The van der Waals surface area contributed by atoms with Gasteiger partial charge in [-0.25, -0.2) is 0 Å². The Labute approximate surface area is 197 Å². The minimum Gasteiger partial charge on any atom is -0.351 e. The zero-order chi connectivity index (χ0) is 22.6. The number of nitrogens with zero attached hydrogens (tertiary/aromatic N) is 2. The Morgan fingerprint density at radius 2 is 1.94 bits per heavy atom. The number of carbonyl (C=O) groups is 2. The first kappa shape index (κ1) is 21.6. The first-order valence-corrected chi connectivity index (χ1v) is 12.5. The summed E-state index contributed by atoms with van der Waals surface area (Å²) in [6, 6.07) is 13.9. The summed E-state index contributed by atoms with van der Waals surface area (Å²) in [4.78, 5) is 35.3. The largest absolute Gasteiger partial charge is 0.351 e. The fraction of sp³-hybridized carbons (Fsp3) is 0.346. The maximum atomic E-state index is 12.9. The van der Waals surface area contributed by atoms with Crippen molar-refractivity contribution in [1.82, 2.24) is 20.2 Å². The van der Waals surface area contributed by atoms with Crippen molar-refractivity contribution in [3.8, 4) is 0 Å². The molecular weight excluding hydrogens is 432 g/mol. The molecule has 0 unspecified atom stereocenters. The molecule has 1 aliphatic rings. The van der Waals surface area contributed by atoms with Crippen LogP contribution in [0, 0.1) is 5.92 Å². The zero-order valence-electron chi connectivity index (χ0n) is 18.5. The van der Waals surface area contributed by atoms with Crippen LogP contribution in [0.1, 0.15) is 52.3 Å². The van der Waals surface area contributed by atoms with E-state index < -0.39 is 0 Å². The summed E-state index contributed by atoms with van der Waals surface area (Å²) in [7, 11) is 0. The predicted octanol–water partition coefficient (Wildman–Crippen LogP) is 5.23. The van der Waals surface area contributed by atoms with Gasteiger partial charge in [-0.3, -0.25) is 14.6 Å². The number of hydrogen-bond donors (Lipinski definition) is 2. The van der Waals surface area contributed by atoms with Crippen molar-refractivity contribution in [2.75, 3.05) is 19.6 Å². The van der Waals surface area contributed by atoms with E-state index in [2.05, 4.69) is 27.4 Å². The summed E-state index contributed by atoms with van der Waals surface area (Å²) in [6.07, 6.45) is 8.80. The molecule has 1 fully saturated rings. The quantitative estimate of drug-likeness (QED) is 0.371. The number of rotatable bonds is 7. The van der Waals surface area contributed by atoms with Gasteiger partial charge in [-0.1, -0.05) is 31.0 Å². The van der Waals surface area contributed by atoms with Gasteiger partial charge in [-0.05, 0) is 54.8 Å². The van der Waals surface area contributed by atoms with Gasteiger partial charge in [0.15, 0.2) is 0 Å². The first-order chi connectivity index (χ1) is 16.2. The smallest absolute Gasteiger partial charge is 0.267 e. The molecule has 0 bridgehead atoms. The molecule has 0 radical (unpaired) electrons. The highest BCUT2D eigenvalue weighted by Gasteiger charge is 2.24. The summed E-state index contributed by atoms with van der Waals surface area (Å²) in [5.74, 6) is 0.762. The number of carbonyl (C=O) groups excluding carboxylic acids is 2. The predicted molar refractivity (Wildman–Crippen MR) is 133 cm³/mol. The number of likely N-dealkylation sites (tertiary alicyclic amines) is 1. The number of pyridine rings is 1. The van der Waals surface area contributed by atoms with Gasteiger partial charge in [-0.15, -0.1) is 11.3 Å². The van der Waals surface area contributed by atoms with Crippen molar-refractivity contribution in [2.24, 2.45) is 5.92 Å². The second-order valence-corrected chi connectivity index (χ2v) is 9.87. The number of unbranched alkanes of at least 4 members (excludes halogenated alkanes) is 1. The van der Waals surface area contributed by atoms with Gasteiger partial charge in [0, 0.05) is 47.6 Å². The summed E-state index contributed by atoms with van der Waals surface area (Å²) in [6.45, 7) is 2.35. The van der Waals surface area contributed by atoms with Gasteiger partial charge in [-0.2, -0.15) is 0 Å². The molecule has 1 aliphatic heterocycles. The number of amides is 2. The van der Waals surface area contributed by atoms with Crippen molar-refractivity contribution in [2.45, 2.75) is 32.1 Å². The summed E-state index contributed by atoms with van der Waals surface area (Å²) in [5, 5.41) is 5.10. The molecule has 7 heteroatoms. The highest BCUT2D eigenvalue weighted by Crippen LogP contribution is 2.29. The molecule has 0 saturated carbocycles. The molecule has 0 spiro atoms. The standard InChI is InChI=1S/C26H28N4O2S/c31-25(22-15-20-17-27-12-8-21(20)29-22)28-11-4-3-5-18-9-13-30(14-10-18)26(32)24-16-19-6-1-2-7-23(19)33-24/h1-2,6-8,12,15-18,29H,3-5,9-11,13-14H2,(H,28,31). The van der Waals surface area contributed by atoms with Gasteiger partial charge >= 0.3 is 0 Å². The van der Waals surface area contributed by atoms with Crippen molar-refractivity contribution in [1.29, 1.82) is 0 Å². The van der Waals surface area contributed by atoms with E-state index in [1.165, 1.54) is 4.70 Å². The van der Waals surface area contributed by atoms with Crippen LogP contribution in [0.3, 0.4) is 0 Å². The number of aromatic amines is 1. The monoisotopic (exact) mass is 460 g/mol. The Bertz CT molecular complexity index is 1200. The molecule has 3 aromatic heterocycles. The number of hydrogen-bond acceptors (Lipinski definition) is 4. The highest BCUT2D eigenvalue weighted by molar-refractivity contribution is 7.20. The topological polar surface area (TPSA) is 78.1 Å². The second-order valence-electron chi connectivity index (χ2n) is 8.78. The van der Waals surface area contributed by atoms with Crippen molar-refractivity contribution in [3.63, 3.8) is 0 Å². The van der Waals surface area contributed by atoms with Crippen LogP contribution in [0.2, 0.25) is 0 Å². The molecule has 170 valence electrons. The van der Waals surface area contributed by atoms with Gasteiger partial charge in [0.05, 0.1) is 4.88 Å². The molecule has 4 heterocycles. The van der Waals surface area contributed by atoms with Crippen LogP contribution in [0.4, 0.5) is 0 Å². The van der Waals surface area contributed by atoms with E-state index in [1.54, 1.807) is 23.7 Å². The Hall–Kier alpha value is -3.19. The zero-order valence-corrected chi connectivity index (χ0v) is 19.4. The summed E-state index contributed by atoms with van der Waals surface area (Å²) >= 11 is 1.59. The third-order valence-corrected chi connectivity index (χ3v) is 7.63. The minimum absolute atomic E-state index is 0.0701. The average Bonchev–Trinajstić information content (AvgIpc) is 3.48. The van der Waals surface area contributed by atoms with Crippen LogP contribution >= 0.6 is 11.3 Å². The first-order valence-electron chi connectivity index (χ1n) is 11.7. The lowest BCUT2D eigenvalue weighted by Crippen LogP contribution is -2.38. The van der Waals surface area contributed by atoms with E-state index >= 15 is 0 Å². The van der Waals surface area contributed by atoms with E-state index in [0.29, 0.717) is 18.2 Å². The third kappa shape index (κ3) is 4.93. The number of fused-ring (bicyclic) bond motifs is 2. The Balaban J connectivity index is 1.01. The Morgan fingerprint density at radius 1 is 1.09 bits per heavy atom. The maximum Gasteiger partial charge on any atom is 0.267 e. The molecule has 0 atom stereocenters. The van der Waals surface area contributed by atoms with Crippen LogP contribution in [0.25, 0.3) is 21.0 Å². The summed E-state index contributed by atoms with van der Waals surface area (Å²) < 4.78 is 1.17. The molecule has 0 aliphatic carbocycles. The molecule has 6 nitrogen and oxygen atoms in total. The van der Waals surface area contributed by atoms with Crippen LogP contribution in [0.15, 0.2) is 54.9 Å². The van der Waals surface area contributed by atoms with Crippen LogP contribution < -0.4 is 5.32 Å². The highest BCUT2D eigenvalue weighted by atomic mass is 32.1. The van der Waals surface area contributed by atoms with E-state index in [9.17, 15) is 9.59 Å². The van der Waals surface area contributed by atoms with Crippen LogP contribution in [-0.2, 0) is 0 Å². The fourth-order valence-electron chi connectivity index (χ4n) is 4.62. The number of nitrogens with one attached hydrogen (secondary N) is 2.